The van der Waals surface area contributed by atoms with Crippen LogP contribution in [0.4, 0.5) is 0 Å². The minimum absolute atomic E-state index is 0.401. The lowest BCUT2D eigenvalue weighted by molar-refractivity contribution is 0.227. The molecule has 0 radical (unpaired) electrons. The van der Waals surface area contributed by atoms with Crippen LogP contribution in [0.25, 0.3) is 0 Å². The summed E-state index contributed by atoms with van der Waals surface area (Å²) in [5.41, 5.74) is 0. The first-order chi connectivity index (χ1) is 10.6. The fraction of sp³-hybridized carbons (Fsp3) is 0.500. The number of hydrogen-bond acceptors (Lipinski definition) is 4. The SMILES string of the molecule is CC(C)c1nnc2n1CCN(CC[S@](=O)c1ccccc1)C2. The van der Waals surface area contributed by atoms with Crippen molar-refractivity contribution >= 4 is 10.8 Å². The highest BCUT2D eigenvalue weighted by Gasteiger charge is 2.22. The molecule has 0 bridgehead atoms. The average Bonchev–Trinajstić information content (AvgIpc) is 2.96. The molecule has 0 saturated carbocycles. The van der Waals surface area contributed by atoms with Crippen LogP contribution in [0.1, 0.15) is 31.4 Å². The van der Waals surface area contributed by atoms with Gasteiger partial charge in [-0.3, -0.25) is 9.11 Å². The van der Waals surface area contributed by atoms with Crippen LogP contribution < -0.4 is 0 Å². The van der Waals surface area contributed by atoms with Crippen molar-refractivity contribution in [1.82, 2.24) is 19.7 Å². The Bertz CT molecular complexity index is 653. The van der Waals surface area contributed by atoms with Gasteiger partial charge in [-0.15, -0.1) is 10.2 Å². The molecule has 22 heavy (non-hydrogen) atoms. The van der Waals surface area contributed by atoms with Crippen molar-refractivity contribution in [2.45, 2.75) is 37.8 Å². The molecule has 1 aromatic carbocycles. The zero-order valence-electron chi connectivity index (χ0n) is 13.1. The zero-order chi connectivity index (χ0) is 15.5. The van der Waals surface area contributed by atoms with Crippen molar-refractivity contribution in [1.29, 1.82) is 0 Å². The second kappa shape index (κ2) is 6.71. The summed E-state index contributed by atoms with van der Waals surface area (Å²) in [5, 5.41) is 8.61. The third-order valence-corrected chi connectivity index (χ3v) is 5.33. The average molecular weight is 318 g/mol. The van der Waals surface area contributed by atoms with Crippen LogP contribution >= 0.6 is 0 Å². The van der Waals surface area contributed by atoms with Crippen LogP contribution in [0.3, 0.4) is 0 Å². The number of hydrogen-bond donors (Lipinski definition) is 0. The van der Waals surface area contributed by atoms with Gasteiger partial charge in [0.1, 0.15) is 11.6 Å². The quantitative estimate of drug-likeness (QED) is 0.846. The molecular weight excluding hydrogens is 296 g/mol. The molecule has 2 aromatic rings. The van der Waals surface area contributed by atoms with E-state index in [4.69, 9.17) is 0 Å². The summed E-state index contributed by atoms with van der Waals surface area (Å²) in [5.74, 6) is 3.16. The Kier molecular flexibility index (Phi) is 4.69. The molecule has 0 aliphatic carbocycles. The normalized spacial score (nSPS) is 16.7. The molecule has 0 saturated heterocycles. The van der Waals surface area contributed by atoms with Crippen LogP contribution in [0.5, 0.6) is 0 Å². The van der Waals surface area contributed by atoms with Gasteiger partial charge in [0, 0.05) is 36.2 Å². The minimum Gasteiger partial charge on any atom is -0.312 e. The van der Waals surface area contributed by atoms with Gasteiger partial charge in [-0.05, 0) is 12.1 Å². The fourth-order valence-electron chi connectivity index (χ4n) is 2.75. The van der Waals surface area contributed by atoms with Gasteiger partial charge >= 0.3 is 0 Å². The highest BCUT2D eigenvalue weighted by atomic mass is 32.2. The van der Waals surface area contributed by atoms with Gasteiger partial charge < -0.3 is 4.57 Å². The van der Waals surface area contributed by atoms with E-state index >= 15 is 0 Å². The van der Waals surface area contributed by atoms with E-state index < -0.39 is 10.8 Å². The topological polar surface area (TPSA) is 51.0 Å². The molecule has 1 atom stereocenters. The minimum atomic E-state index is -0.930. The van der Waals surface area contributed by atoms with Crippen molar-refractivity contribution in [3.63, 3.8) is 0 Å². The molecule has 118 valence electrons. The molecule has 1 aliphatic rings. The highest BCUT2D eigenvalue weighted by molar-refractivity contribution is 7.85. The van der Waals surface area contributed by atoms with Gasteiger partial charge in [0.2, 0.25) is 0 Å². The summed E-state index contributed by atoms with van der Waals surface area (Å²) >= 11 is 0. The fourth-order valence-corrected chi connectivity index (χ4v) is 3.87. The third kappa shape index (κ3) is 3.28. The molecule has 1 aromatic heterocycles. The number of benzene rings is 1. The highest BCUT2D eigenvalue weighted by Crippen LogP contribution is 2.18. The Balaban J connectivity index is 1.58. The summed E-state index contributed by atoms with van der Waals surface area (Å²) in [7, 11) is -0.930. The lowest BCUT2D eigenvalue weighted by Gasteiger charge is -2.27. The first-order valence-electron chi connectivity index (χ1n) is 7.73. The van der Waals surface area contributed by atoms with Gasteiger partial charge in [0.15, 0.2) is 0 Å². The van der Waals surface area contributed by atoms with Crippen molar-refractivity contribution in [3.05, 3.63) is 42.0 Å². The first kappa shape index (κ1) is 15.4. The molecular formula is C16H22N4OS. The van der Waals surface area contributed by atoms with E-state index in [-0.39, 0.29) is 0 Å². The Morgan fingerprint density at radius 2 is 1.95 bits per heavy atom. The first-order valence-corrected chi connectivity index (χ1v) is 9.05. The molecule has 1 aliphatic heterocycles. The van der Waals surface area contributed by atoms with Crippen molar-refractivity contribution < 1.29 is 4.21 Å². The van der Waals surface area contributed by atoms with Crippen LogP contribution in [0.15, 0.2) is 35.2 Å². The molecule has 0 unspecified atom stereocenters. The van der Waals surface area contributed by atoms with E-state index in [1.165, 1.54) is 0 Å². The lowest BCUT2D eigenvalue weighted by Crippen LogP contribution is -2.36. The van der Waals surface area contributed by atoms with E-state index in [2.05, 4.69) is 33.5 Å². The molecule has 0 spiro atoms. The van der Waals surface area contributed by atoms with Crippen LogP contribution in [0.2, 0.25) is 0 Å². The smallest absolute Gasteiger partial charge is 0.147 e. The number of fused-ring (bicyclic) bond motifs is 1. The van der Waals surface area contributed by atoms with Crippen LogP contribution in [0, 0.1) is 0 Å². The molecule has 6 heteroatoms. The lowest BCUT2D eigenvalue weighted by atomic mass is 10.2. The van der Waals surface area contributed by atoms with Crippen molar-refractivity contribution in [2.24, 2.45) is 0 Å². The maximum atomic E-state index is 12.3. The Morgan fingerprint density at radius 1 is 1.18 bits per heavy atom. The van der Waals surface area contributed by atoms with Gasteiger partial charge in [-0.25, -0.2) is 0 Å². The van der Waals surface area contributed by atoms with E-state index in [1.54, 1.807) is 0 Å². The van der Waals surface area contributed by atoms with Gasteiger partial charge in [-0.2, -0.15) is 0 Å². The molecule has 5 nitrogen and oxygen atoms in total. The van der Waals surface area contributed by atoms with Crippen LogP contribution in [-0.2, 0) is 23.9 Å². The van der Waals surface area contributed by atoms with Gasteiger partial charge in [0.25, 0.3) is 0 Å². The van der Waals surface area contributed by atoms with E-state index in [1.807, 2.05) is 30.3 Å². The van der Waals surface area contributed by atoms with Gasteiger partial charge in [-0.1, -0.05) is 32.0 Å². The van der Waals surface area contributed by atoms with Crippen LogP contribution in [-0.4, -0.2) is 42.7 Å². The summed E-state index contributed by atoms with van der Waals surface area (Å²) in [6.07, 6.45) is 0. The predicted octanol–water partition coefficient (Wildman–Crippen LogP) is 2.02. The summed E-state index contributed by atoms with van der Waals surface area (Å²) in [6.45, 7) is 7.81. The van der Waals surface area contributed by atoms with E-state index in [0.29, 0.717) is 11.7 Å². The van der Waals surface area contributed by atoms with Gasteiger partial charge in [0.05, 0.1) is 17.3 Å². The van der Waals surface area contributed by atoms with Crippen molar-refractivity contribution in [3.8, 4) is 0 Å². The second-order valence-electron chi connectivity index (χ2n) is 5.92. The maximum absolute atomic E-state index is 12.3. The standard InChI is InChI=1S/C16H22N4OS/c1-13(2)16-18-17-15-12-19(8-9-20(15)16)10-11-22(21)14-6-4-3-5-7-14/h3-7,13H,8-12H2,1-2H3/t22-/m0/s1. The molecule has 2 heterocycles. The maximum Gasteiger partial charge on any atom is 0.147 e. The molecule has 0 N–H and O–H groups in total. The zero-order valence-corrected chi connectivity index (χ0v) is 13.9. The summed E-state index contributed by atoms with van der Waals surface area (Å²) in [4.78, 5) is 3.22. The third-order valence-electron chi connectivity index (χ3n) is 3.98. The Labute approximate surface area is 133 Å². The van der Waals surface area contributed by atoms with Crippen molar-refractivity contribution in [2.75, 3.05) is 18.8 Å². The Morgan fingerprint density at radius 3 is 2.68 bits per heavy atom. The molecule has 3 rings (SSSR count). The number of rotatable bonds is 5. The van der Waals surface area contributed by atoms with E-state index in [9.17, 15) is 4.21 Å². The monoisotopic (exact) mass is 318 g/mol. The molecule has 0 amide bonds. The molecule has 0 fully saturated rings. The largest absolute Gasteiger partial charge is 0.312 e. The Hall–Kier alpha value is -1.53. The second-order valence-corrected chi connectivity index (χ2v) is 7.49. The predicted molar refractivity (Wildman–Crippen MR) is 87.1 cm³/mol. The number of nitrogens with zero attached hydrogens (tertiary/aromatic N) is 4. The number of aromatic nitrogens is 3. The summed E-state index contributed by atoms with van der Waals surface area (Å²) < 4.78 is 14.5. The van der Waals surface area contributed by atoms with E-state index in [0.717, 1.165) is 42.7 Å². The summed E-state index contributed by atoms with van der Waals surface area (Å²) in [6, 6.07) is 9.67.